The minimum Gasteiger partial charge on any atom is -0.390 e. The van der Waals surface area contributed by atoms with Crippen molar-refractivity contribution in [2.75, 3.05) is 11.9 Å². The van der Waals surface area contributed by atoms with Crippen molar-refractivity contribution in [2.45, 2.75) is 24.7 Å². The van der Waals surface area contributed by atoms with Gasteiger partial charge in [-0.15, -0.1) is 0 Å². The number of aliphatic hydroxyl groups excluding tert-OH is 2. The van der Waals surface area contributed by atoms with Crippen molar-refractivity contribution in [3.63, 3.8) is 0 Å². The summed E-state index contributed by atoms with van der Waals surface area (Å²) in [6, 6.07) is 13.0. The molecule has 1 unspecified atom stereocenters. The zero-order valence-corrected chi connectivity index (χ0v) is 18.6. The topological polar surface area (TPSA) is 152 Å². The predicted molar refractivity (Wildman–Crippen MR) is 122 cm³/mol. The Balaban J connectivity index is 1.45. The Morgan fingerprint density at radius 2 is 1.91 bits per heavy atom. The SMILES string of the molecule is NS(=O)(=O)OCC1C[C@@H](Nc2ccnc3cc(-c4cccc5c(F)cccc45)nn23)[C@H](O)[C@@H]1O. The Bertz CT molecular complexity index is 1480. The second-order valence-corrected chi connectivity index (χ2v) is 9.50. The van der Waals surface area contributed by atoms with E-state index in [1.165, 1.54) is 6.07 Å². The molecule has 2 aromatic heterocycles. The third-order valence-electron chi connectivity index (χ3n) is 6.08. The number of rotatable bonds is 6. The quantitative estimate of drug-likeness (QED) is 0.319. The summed E-state index contributed by atoms with van der Waals surface area (Å²) in [5.41, 5.74) is 1.85. The van der Waals surface area contributed by atoms with Gasteiger partial charge in [-0.1, -0.05) is 30.3 Å². The molecule has 0 saturated heterocycles. The van der Waals surface area contributed by atoms with Crippen LogP contribution in [0.15, 0.2) is 54.7 Å². The summed E-state index contributed by atoms with van der Waals surface area (Å²) >= 11 is 0. The summed E-state index contributed by atoms with van der Waals surface area (Å²) in [6.07, 6.45) is -0.562. The molecule has 0 amide bonds. The van der Waals surface area contributed by atoms with E-state index >= 15 is 0 Å². The van der Waals surface area contributed by atoms with Gasteiger partial charge in [0, 0.05) is 29.1 Å². The maximum Gasteiger partial charge on any atom is 0.333 e. The van der Waals surface area contributed by atoms with Crippen molar-refractivity contribution in [1.29, 1.82) is 0 Å². The van der Waals surface area contributed by atoms with Crippen LogP contribution in [-0.2, 0) is 14.5 Å². The molecule has 0 aliphatic heterocycles. The summed E-state index contributed by atoms with van der Waals surface area (Å²) in [6.45, 7) is -0.343. The predicted octanol–water partition coefficient (Wildman–Crippen LogP) is 1.43. The van der Waals surface area contributed by atoms with Gasteiger partial charge in [0.15, 0.2) is 5.65 Å². The molecule has 34 heavy (non-hydrogen) atoms. The summed E-state index contributed by atoms with van der Waals surface area (Å²) in [4.78, 5) is 4.34. The van der Waals surface area contributed by atoms with Crippen LogP contribution < -0.4 is 10.5 Å². The van der Waals surface area contributed by atoms with E-state index in [4.69, 9.17) is 5.14 Å². The van der Waals surface area contributed by atoms with E-state index in [1.807, 2.05) is 12.1 Å². The zero-order chi connectivity index (χ0) is 24.0. The molecular weight excluding hydrogens is 465 g/mol. The summed E-state index contributed by atoms with van der Waals surface area (Å²) in [5.74, 6) is -0.452. The van der Waals surface area contributed by atoms with Crippen LogP contribution in [0, 0.1) is 11.7 Å². The molecule has 1 aliphatic carbocycles. The lowest BCUT2D eigenvalue weighted by molar-refractivity contribution is 0.00777. The maximum atomic E-state index is 14.3. The number of nitrogens with zero attached hydrogens (tertiary/aromatic N) is 3. The summed E-state index contributed by atoms with van der Waals surface area (Å²) in [7, 11) is -4.16. The lowest BCUT2D eigenvalue weighted by atomic mass is 10.0. The van der Waals surface area contributed by atoms with Gasteiger partial charge in [-0.05, 0) is 23.9 Å². The van der Waals surface area contributed by atoms with Crippen molar-refractivity contribution in [3.05, 3.63) is 60.5 Å². The minimum atomic E-state index is -4.16. The number of hydrogen-bond donors (Lipinski definition) is 4. The molecule has 5 N–H and O–H groups in total. The molecule has 178 valence electrons. The first kappa shape index (κ1) is 22.6. The Kier molecular flexibility index (Phi) is 5.70. The molecule has 0 spiro atoms. The highest BCUT2D eigenvalue weighted by molar-refractivity contribution is 7.84. The van der Waals surface area contributed by atoms with Crippen molar-refractivity contribution in [1.82, 2.24) is 14.6 Å². The highest BCUT2D eigenvalue weighted by Crippen LogP contribution is 2.32. The molecule has 1 fully saturated rings. The average Bonchev–Trinajstić information content (AvgIpc) is 3.35. The molecule has 12 heteroatoms. The lowest BCUT2D eigenvalue weighted by Crippen LogP contribution is -2.36. The number of nitrogens with two attached hydrogens (primary N) is 1. The van der Waals surface area contributed by atoms with Gasteiger partial charge < -0.3 is 15.5 Å². The van der Waals surface area contributed by atoms with Gasteiger partial charge in [0.2, 0.25) is 0 Å². The lowest BCUT2D eigenvalue weighted by Gasteiger charge is -2.19. The van der Waals surface area contributed by atoms with E-state index in [-0.39, 0.29) is 18.8 Å². The highest BCUT2D eigenvalue weighted by Gasteiger charge is 2.42. The number of anilines is 1. The Morgan fingerprint density at radius 3 is 2.71 bits per heavy atom. The van der Waals surface area contributed by atoms with Crippen LogP contribution in [0.2, 0.25) is 0 Å². The van der Waals surface area contributed by atoms with Gasteiger partial charge in [0.1, 0.15) is 17.7 Å². The smallest absolute Gasteiger partial charge is 0.333 e. The van der Waals surface area contributed by atoms with E-state index in [0.717, 1.165) is 5.56 Å². The molecule has 4 aromatic rings. The van der Waals surface area contributed by atoms with Crippen LogP contribution >= 0.6 is 0 Å². The first-order chi connectivity index (χ1) is 16.2. The van der Waals surface area contributed by atoms with Crippen molar-refractivity contribution >= 4 is 32.5 Å². The van der Waals surface area contributed by atoms with Gasteiger partial charge in [-0.25, -0.2) is 14.5 Å². The third kappa shape index (κ3) is 4.21. The second-order valence-electron chi connectivity index (χ2n) is 8.28. The first-order valence-electron chi connectivity index (χ1n) is 10.5. The summed E-state index contributed by atoms with van der Waals surface area (Å²) in [5, 5.41) is 34.7. The fraction of sp³-hybridized carbons (Fsp3) is 0.273. The minimum absolute atomic E-state index is 0.235. The number of hydrogen-bond acceptors (Lipinski definition) is 8. The van der Waals surface area contributed by atoms with Crippen LogP contribution in [0.4, 0.5) is 10.2 Å². The van der Waals surface area contributed by atoms with Crippen molar-refractivity contribution in [2.24, 2.45) is 11.1 Å². The van der Waals surface area contributed by atoms with E-state index in [2.05, 4.69) is 19.6 Å². The standard InChI is InChI=1S/C22H22FN5O5S/c23-16-6-2-3-13-14(16)4-1-5-15(13)17-10-20-25-8-7-19(28(20)27-17)26-18-9-12(21(29)22(18)30)11-33-34(24,31)32/h1-8,10,12,18,21-22,26,29-30H,9,11H2,(H2,24,31,32)/t12?,18-,21-,22+/m1/s1. The number of aliphatic hydroxyl groups is 2. The van der Waals surface area contributed by atoms with E-state index in [0.29, 0.717) is 27.9 Å². The second kappa shape index (κ2) is 8.56. The zero-order valence-electron chi connectivity index (χ0n) is 17.7. The molecule has 0 radical (unpaired) electrons. The van der Waals surface area contributed by atoms with Gasteiger partial charge in [0.25, 0.3) is 0 Å². The van der Waals surface area contributed by atoms with Crippen LogP contribution in [0.5, 0.6) is 0 Å². The number of benzene rings is 2. The van der Waals surface area contributed by atoms with Gasteiger partial charge in [-0.3, -0.25) is 4.18 Å². The normalized spacial score (nSPS) is 23.1. The van der Waals surface area contributed by atoms with Gasteiger partial charge in [0.05, 0.1) is 24.4 Å². The van der Waals surface area contributed by atoms with Crippen LogP contribution in [0.25, 0.3) is 27.7 Å². The fourth-order valence-electron chi connectivity index (χ4n) is 4.44. The monoisotopic (exact) mass is 487 g/mol. The largest absolute Gasteiger partial charge is 0.390 e. The molecular formula is C22H22FN5O5S. The molecule has 2 heterocycles. The average molecular weight is 488 g/mol. The summed E-state index contributed by atoms with van der Waals surface area (Å²) < 4.78 is 42.5. The number of nitrogens with one attached hydrogen (secondary N) is 1. The molecule has 0 bridgehead atoms. The van der Waals surface area contributed by atoms with E-state index in [9.17, 15) is 23.0 Å². The number of fused-ring (bicyclic) bond motifs is 2. The Labute approximate surface area is 194 Å². The van der Waals surface area contributed by atoms with Gasteiger partial charge in [-0.2, -0.15) is 18.0 Å². The maximum absolute atomic E-state index is 14.3. The molecule has 2 aromatic carbocycles. The van der Waals surface area contributed by atoms with Gasteiger partial charge >= 0.3 is 10.3 Å². The number of aromatic nitrogens is 3. The van der Waals surface area contributed by atoms with Crippen LogP contribution in [0.3, 0.4) is 0 Å². The molecule has 1 saturated carbocycles. The van der Waals surface area contributed by atoms with Crippen molar-refractivity contribution in [3.8, 4) is 11.3 Å². The molecule has 5 rings (SSSR count). The van der Waals surface area contributed by atoms with E-state index < -0.39 is 34.5 Å². The fourth-order valence-corrected chi connectivity index (χ4v) is 4.80. The Hall–Kier alpha value is -3.16. The van der Waals surface area contributed by atoms with Crippen molar-refractivity contribution < 1.29 is 27.2 Å². The third-order valence-corrected chi connectivity index (χ3v) is 6.55. The van der Waals surface area contributed by atoms with Crippen LogP contribution in [-0.4, -0.2) is 58.1 Å². The molecule has 10 nitrogen and oxygen atoms in total. The Morgan fingerprint density at radius 1 is 1.15 bits per heavy atom. The molecule has 4 atom stereocenters. The van der Waals surface area contributed by atoms with Crippen LogP contribution in [0.1, 0.15) is 6.42 Å². The molecule has 1 aliphatic rings. The van der Waals surface area contributed by atoms with E-state index in [1.54, 1.807) is 41.0 Å². The highest BCUT2D eigenvalue weighted by atomic mass is 32.2. The first-order valence-corrected chi connectivity index (χ1v) is 12.0. The number of halogens is 1.